The molecule has 0 saturated carbocycles. The molecule has 3 heterocycles. The number of carbonyl (C=O) groups is 3. The van der Waals surface area contributed by atoms with Crippen molar-refractivity contribution in [1.29, 1.82) is 0 Å². The average Bonchev–Trinajstić information content (AvgIpc) is 3.39. The first kappa shape index (κ1) is 24.6. The van der Waals surface area contributed by atoms with E-state index in [1.54, 1.807) is 35.9 Å². The number of hydrogen-bond donors (Lipinski definition) is 0. The SMILES string of the molecule is CC(=O)N1CCC(C(=O)N2CCC(N(C)C(=O)c3ccoc3)C(c3ccc(Cl)c(Cl)c3)C2)CC1. The number of likely N-dealkylation sites (tertiary alicyclic amines) is 2. The number of likely N-dealkylation sites (N-methyl/N-ethyl adjacent to an activating group) is 1. The molecule has 0 N–H and O–H groups in total. The quantitative estimate of drug-likeness (QED) is 0.620. The first-order chi connectivity index (χ1) is 16.3. The van der Waals surface area contributed by atoms with E-state index in [-0.39, 0.29) is 35.6 Å². The van der Waals surface area contributed by atoms with Crippen molar-refractivity contribution in [3.05, 3.63) is 58.0 Å². The molecule has 2 saturated heterocycles. The second-order valence-corrected chi connectivity index (χ2v) is 9.94. The lowest BCUT2D eigenvalue weighted by atomic mass is 9.83. The van der Waals surface area contributed by atoms with E-state index >= 15 is 0 Å². The highest BCUT2D eigenvalue weighted by Gasteiger charge is 2.39. The molecular weight excluding hydrogens is 477 g/mol. The van der Waals surface area contributed by atoms with Gasteiger partial charge in [0.25, 0.3) is 5.91 Å². The largest absolute Gasteiger partial charge is 0.472 e. The Morgan fingerprint density at radius 3 is 2.32 bits per heavy atom. The van der Waals surface area contributed by atoms with Crippen LogP contribution in [0.25, 0.3) is 0 Å². The Balaban J connectivity index is 1.54. The molecule has 2 atom stereocenters. The number of hydrogen-bond acceptors (Lipinski definition) is 4. The minimum Gasteiger partial charge on any atom is -0.472 e. The second-order valence-electron chi connectivity index (χ2n) is 9.13. The number of piperidine rings is 2. The summed E-state index contributed by atoms with van der Waals surface area (Å²) in [7, 11) is 1.79. The van der Waals surface area contributed by atoms with Gasteiger partial charge in [-0.2, -0.15) is 0 Å². The summed E-state index contributed by atoms with van der Waals surface area (Å²) in [6, 6.07) is 7.03. The van der Waals surface area contributed by atoms with Gasteiger partial charge >= 0.3 is 0 Å². The minimum absolute atomic E-state index is 0.0525. The maximum Gasteiger partial charge on any atom is 0.257 e. The fourth-order valence-corrected chi connectivity index (χ4v) is 5.42. The van der Waals surface area contributed by atoms with Gasteiger partial charge in [-0.3, -0.25) is 14.4 Å². The molecule has 0 aliphatic carbocycles. The van der Waals surface area contributed by atoms with E-state index in [0.29, 0.717) is 61.1 Å². The topological polar surface area (TPSA) is 74.1 Å². The van der Waals surface area contributed by atoms with E-state index in [0.717, 1.165) is 5.56 Å². The molecule has 0 bridgehead atoms. The predicted octanol–water partition coefficient (Wildman–Crippen LogP) is 4.30. The van der Waals surface area contributed by atoms with Crippen molar-refractivity contribution in [2.75, 3.05) is 33.2 Å². The number of furan rings is 1. The third kappa shape index (κ3) is 5.10. The third-order valence-electron chi connectivity index (χ3n) is 7.14. The van der Waals surface area contributed by atoms with Crippen molar-refractivity contribution in [2.45, 2.75) is 38.1 Å². The van der Waals surface area contributed by atoms with E-state index in [1.165, 1.54) is 12.5 Å². The van der Waals surface area contributed by atoms with Gasteiger partial charge in [0.2, 0.25) is 11.8 Å². The highest BCUT2D eigenvalue weighted by molar-refractivity contribution is 6.42. The van der Waals surface area contributed by atoms with E-state index in [2.05, 4.69) is 0 Å². The molecule has 2 aromatic rings. The Labute approximate surface area is 209 Å². The Morgan fingerprint density at radius 2 is 1.71 bits per heavy atom. The fraction of sp³-hybridized carbons (Fsp3) is 0.480. The number of carbonyl (C=O) groups excluding carboxylic acids is 3. The molecule has 9 heteroatoms. The molecule has 4 rings (SSSR count). The summed E-state index contributed by atoms with van der Waals surface area (Å²) >= 11 is 12.5. The summed E-state index contributed by atoms with van der Waals surface area (Å²) in [6.07, 6.45) is 4.92. The lowest BCUT2D eigenvalue weighted by Crippen LogP contribution is -2.53. The first-order valence-corrected chi connectivity index (χ1v) is 12.3. The van der Waals surface area contributed by atoms with Gasteiger partial charge in [-0.25, -0.2) is 0 Å². The van der Waals surface area contributed by atoms with Crippen LogP contribution in [0.15, 0.2) is 41.2 Å². The standard InChI is InChI=1S/C25H29Cl2N3O4/c1-16(31)29-9-5-17(6-10-29)25(33)30-11-7-23(28(2)24(32)19-8-12-34-15-19)20(14-30)18-3-4-21(26)22(27)13-18/h3-4,8,12-13,15,17,20,23H,5-7,9-11,14H2,1-2H3. The van der Waals surface area contributed by atoms with E-state index in [9.17, 15) is 14.4 Å². The molecule has 7 nitrogen and oxygen atoms in total. The van der Waals surface area contributed by atoms with Gasteiger partial charge < -0.3 is 19.1 Å². The van der Waals surface area contributed by atoms with Crippen LogP contribution < -0.4 is 0 Å². The summed E-state index contributed by atoms with van der Waals surface area (Å²) in [5, 5.41) is 0.910. The molecular formula is C25H29Cl2N3O4. The lowest BCUT2D eigenvalue weighted by molar-refractivity contribution is -0.141. The van der Waals surface area contributed by atoms with Crippen LogP contribution in [-0.4, -0.2) is 71.7 Å². The van der Waals surface area contributed by atoms with Gasteiger partial charge in [-0.15, -0.1) is 0 Å². The van der Waals surface area contributed by atoms with Gasteiger partial charge in [0.1, 0.15) is 6.26 Å². The molecule has 2 fully saturated rings. The Hall–Kier alpha value is -2.51. The summed E-state index contributed by atoms with van der Waals surface area (Å²) in [4.78, 5) is 43.6. The Morgan fingerprint density at radius 1 is 1.00 bits per heavy atom. The van der Waals surface area contributed by atoms with Gasteiger partial charge in [-0.1, -0.05) is 29.3 Å². The Kier molecular flexibility index (Phi) is 7.53. The molecule has 2 aliphatic rings. The molecule has 1 aromatic carbocycles. The van der Waals surface area contributed by atoms with E-state index in [4.69, 9.17) is 27.6 Å². The molecule has 2 aliphatic heterocycles. The zero-order valence-corrected chi connectivity index (χ0v) is 20.9. The van der Waals surface area contributed by atoms with Crippen LogP contribution in [0.3, 0.4) is 0 Å². The Bertz CT molecular complexity index is 1050. The van der Waals surface area contributed by atoms with Crippen LogP contribution in [0, 0.1) is 5.92 Å². The van der Waals surface area contributed by atoms with Crippen LogP contribution in [-0.2, 0) is 9.59 Å². The second kappa shape index (κ2) is 10.4. The third-order valence-corrected chi connectivity index (χ3v) is 7.87. The zero-order valence-electron chi connectivity index (χ0n) is 19.4. The predicted molar refractivity (Wildman–Crippen MR) is 130 cm³/mol. The van der Waals surface area contributed by atoms with Crippen molar-refractivity contribution < 1.29 is 18.8 Å². The van der Waals surface area contributed by atoms with Gasteiger partial charge in [-0.05, 0) is 43.0 Å². The fourth-order valence-electron chi connectivity index (χ4n) is 5.11. The van der Waals surface area contributed by atoms with Gasteiger partial charge in [0.15, 0.2) is 0 Å². The van der Waals surface area contributed by atoms with Crippen molar-refractivity contribution in [3.8, 4) is 0 Å². The number of halogens is 2. The van der Waals surface area contributed by atoms with E-state index < -0.39 is 0 Å². The lowest BCUT2D eigenvalue weighted by Gasteiger charge is -2.44. The van der Waals surface area contributed by atoms with Crippen molar-refractivity contribution in [2.24, 2.45) is 5.92 Å². The normalized spacial score (nSPS) is 21.4. The maximum absolute atomic E-state index is 13.4. The van der Waals surface area contributed by atoms with Crippen LogP contribution in [0.4, 0.5) is 0 Å². The first-order valence-electron chi connectivity index (χ1n) is 11.5. The monoisotopic (exact) mass is 505 g/mol. The van der Waals surface area contributed by atoms with Crippen LogP contribution in [0.1, 0.15) is 48.0 Å². The number of benzene rings is 1. The van der Waals surface area contributed by atoms with Crippen LogP contribution in [0.2, 0.25) is 10.0 Å². The molecule has 182 valence electrons. The van der Waals surface area contributed by atoms with Crippen LogP contribution >= 0.6 is 23.2 Å². The zero-order chi connectivity index (χ0) is 24.4. The van der Waals surface area contributed by atoms with E-state index in [1.807, 2.05) is 17.0 Å². The van der Waals surface area contributed by atoms with Crippen molar-refractivity contribution in [1.82, 2.24) is 14.7 Å². The maximum atomic E-state index is 13.4. The molecule has 34 heavy (non-hydrogen) atoms. The average molecular weight is 506 g/mol. The van der Waals surface area contributed by atoms with Gasteiger partial charge in [0.05, 0.1) is 21.9 Å². The smallest absolute Gasteiger partial charge is 0.257 e. The highest BCUT2D eigenvalue weighted by atomic mass is 35.5. The number of nitrogens with zero attached hydrogens (tertiary/aromatic N) is 3. The van der Waals surface area contributed by atoms with Gasteiger partial charge in [0, 0.05) is 58.0 Å². The van der Waals surface area contributed by atoms with Crippen molar-refractivity contribution in [3.63, 3.8) is 0 Å². The molecule has 1 aromatic heterocycles. The van der Waals surface area contributed by atoms with Crippen molar-refractivity contribution >= 4 is 40.9 Å². The molecule has 0 radical (unpaired) electrons. The number of amides is 3. The summed E-state index contributed by atoms with van der Waals surface area (Å²) in [5.41, 5.74) is 1.43. The molecule has 3 amide bonds. The number of rotatable bonds is 4. The molecule has 0 spiro atoms. The molecule has 2 unspecified atom stereocenters. The highest BCUT2D eigenvalue weighted by Crippen LogP contribution is 2.35. The summed E-state index contributed by atoms with van der Waals surface area (Å²) in [6.45, 7) is 3.84. The minimum atomic E-state index is -0.125. The summed E-state index contributed by atoms with van der Waals surface area (Å²) < 4.78 is 5.09. The summed E-state index contributed by atoms with van der Waals surface area (Å²) in [5.74, 6) is -0.162. The van der Waals surface area contributed by atoms with Crippen LogP contribution in [0.5, 0.6) is 0 Å².